The lowest BCUT2D eigenvalue weighted by Gasteiger charge is -2.16. The second-order valence-corrected chi connectivity index (χ2v) is 3.29. The van der Waals surface area contributed by atoms with Crippen molar-refractivity contribution in [3.8, 4) is 0 Å². The summed E-state index contributed by atoms with van der Waals surface area (Å²) in [4.78, 5) is 0. The highest BCUT2D eigenvalue weighted by Gasteiger charge is 2.07. The number of nitrogens with two attached hydrogens (primary N) is 1. The molecule has 0 aliphatic heterocycles. The standard InChI is InChI=1S/C11H17FN2O/c1-15-7-6-14-11(8-13)9-2-4-10(12)5-3-9/h2-5,11,14H,6-8,13H2,1H3. The molecule has 1 unspecified atom stereocenters. The Labute approximate surface area is 89.4 Å². The van der Waals surface area contributed by atoms with E-state index in [1.807, 2.05) is 0 Å². The normalized spacial score (nSPS) is 12.7. The third kappa shape index (κ3) is 3.95. The van der Waals surface area contributed by atoms with E-state index >= 15 is 0 Å². The first-order chi connectivity index (χ1) is 7.27. The number of nitrogens with one attached hydrogen (secondary N) is 1. The third-order valence-electron chi connectivity index (χ3n) is 2.20. The van der Waals surface area contributed by atoms with Crippen molar-refractivity contribution < 1.29 is 9.13 Å². The SMILES string of the molecule is COCCNC(CN)c1ccc(F)cc1. The van der Waals surface area contributed by atoms with Crippen LogP contribution in [-0.2, 0) is 4.74 Å². The number of methoxy groups -OCH3 is 1. The van der Waals surface area contributed by atoms with Crippen LogP contribution in [0.2, 0.25) is 0 Å². The number of rotatable bonds is 6. The van der Waals surface area contributed by atoms with Crippen LogP contribution in [-0.4, -0.2) is 26.8 Å². The van der Waals surface area contributed by atoms with Crippen molar-refractivity contribution in [3.63, 3.8) is 0 Å². The number of halogens is 1. The molecule has 0 aromatic heterocycles. The largest absolute Gasteiger partial charge is 0.383 e. The zero-order chi connectivity index (χ0) is 11.1. The molecule has 0 radical (unpaired) electrons. The van der Waals surface area contributed by atoms with Crippen LogP contribution in [0.25, 0.3) is 0 Å². The summed E-state index contributed by atoms with van der Waals surface area (Å²) in [5.41, 5.74) is 6.62. The minimum atomic E-state index is -0.230. The predicted molar refractivity (Wildman–Crippen MR) is 58.1 cm³/mol. The lowest BCUT2D eigenvalue weighted by molar-refractivity contribution is 0.196. The molecule has 15 heavy (non-hydrogen) atoms. The maximum atomic E-state index is 12.7. The number of ether oxygens (including phenoxy) is 1. The van der Waals surface area contributed by atoms with Gasteiger partial charge in [0.25, 0.3) is 0 Å². The number of hydrogen-bond acceptors (Lipinski definition) is 3. The van der Waals surface area contributed by atoms with Crippen molar-refractivity contribution in [2.45, 2.75) is 6.04 Å². The van der Waals surface area contributed by atoms with E-state index in [0.29, 0.717) is 13.2 Å². The molecule has 3 nitrogen and oxygen atoms in total. The molecule has 0 aliphatic rings. The summed E-state index contributed by atoms with van der Waals surface area (Å²) in [6.07, 6.45) is 0. The van der Waals surface area contributed by atoms with Gasteiger partial charge in [0.1, 0.15) is 5.82 Å². The summed E-state index contributed by atoms with van der Waals surface area (Å²) < 4.78 is 17.6. The van der Waals surface area contributed by atoms with Crippen molar-refractivity contribution in [1.82, 2.24) is 5.32 Å². The molecule has 3 N–H and O–H groups in total. The molecule has 1 rings (SSSR count). The van der Waals surface area contributed by atoms with E-state index in [0.717, 1.165) is 12.1 Å². The molecule has 0 saturated carbocycles. The summed E-state index contributed by atoms with van der Waals surface area (Å²) >= 11 is 0. The lowest BCUT2D eigenvalue weighted by atomic mass is 10.1. The number of benzene rings is 1. The van der Waals surface area contributed by atoms with Gasteiger partial charge in [0.2, 0.25) is 0 Å². The molecule has 1 aromatic carbocycles. The van der Waals surface area contributed by atoms with Gasteiger partial charge in [-0.15, -0.1) is 0 Å². The highest BCUT2D eigenvalue weighted by atomic mass is 19.1. The third-order valence-corrected chi connectivity index (χ3v) is 2.20. The van der Waals surface area contributed by atoms with Gasteiger partial charge in [-0.25, -0.2) is 4.39 Å². The molecular formula is C11H17FN2O. The van der Waals surface area contributed by atoms with Crippen LogP contribution in [0.3, 0.4) is 0 Å². The lowest BCUT2D eigenvalue weighted by Crippen LogP contribution is -2.30. The molecular weight excluding hydrogens is 195 g/mol. The predicted octanol–water partition coefficient (Wildman–Crippen LogP) is 1.06. The fourth-order valence-electron chi connectivity index (χ4n) is 1.37. The Hall–Kier alpha value is -0.970. The Morgan fingerprint density at radius 1 is 1.40 bits per heavy atom. The van der Waals surface area contributed by atoms with Gasteiger partial charge < -0.3 is 15.8 Å². The Morgan fingerprint density at radius 2 is 2.07 bits per heavy atom. The van der Waals surface area contributed by atoms with Gasteiger partial charge in [-0.3, -0.25) is 0 Å². The maximum absolute atomic E-state index is 12.7. The molecule has 0 bridgehead atoms. The molecule has 0 amide bonds. The quantitative estimate of drug-likeness (QED) is 0.693. The Balaban J connectivity index is 2.53. The Morgan fingerprint density at radius 3 is 2.60 bits per heavy atom. The van der Waals surface area contributed by atoms with Crippen LogP contribution in [0.1, 0.15) is 11.6 Å². The van der Waals surface area contributed by atoms with E-state index < -0.39 is 0 Å². The van der Waals surface area contributed by atoms with E-state index in [9.17, 15) is 4.39 Å². The fraction of sp³-hybridized carbons (Fsp3) is 0.455. The molecule has 0 aliphatic carbocycles. The van der Waals surface area contributed by atoms with Gasteiger partial charge >= 0.3 is 0 Å². The average Bonchev–Trinajstić information content (AvgIpc) is 2.26. The van der Waals surface area contributed by atoms with E-state index in [4.69, 9.17) is 10.5 Å². The molecule has 0 saturated heterocycles. The van der Waals surface area contributed by atoms with Gasteiger partial charge in [0.05, 0.1) is 6.61 Å². The van der Waals surface area contributed by atoms with E-state index in [-0.39, 0.29) is 11.9 Å². The van der Waals surface area contributed by atoms with Crippen LogP contribution in [0.4, 0.5) is 4.39 Å². The van der Waals surface area contributed by atoms with Gasteiger partial charge in [-0.2, -0.15) is 0 Å². The van der Waals surface area contributed by atoms with Gasteiger partial charge in [0.15, 0.2) is 0 Å². The van der Waals surface area contributed by atoms with Gasteiger partial charge in [0, 0.05) is 26.2 Å². The van der Waals surface area contributed by atoms with Crippen LogP contribution in [0.5, 0.6) is 0 Å². The highest BCUT2D eigenvalue weighted by molar-refractivity contribution is 5.20. The van der Waals surface area contributed by atoms with Crippen LogP contribution in [0.15, 0.2) is 24.3 Å². The Kier molecular flexibility index (Phi) is 5.25. The summed E-state index contributed by atoms with van der Waals surface area (Å²) in [7, 11) is 1.65. The average molecular weight is 212 g/mol. The first-order valence-corrected chi connectivity index (χ1v) is 4.95. The molecule has 1 aromatic rings. The summed E-state index contributed by atoms with van der Waals surface area (Å²) in [5, 5.41) is 3.23. The van der Waals surface area contributed by atoms with E-state index in [1.54, 1.807) is 19.2 Å². The second-order valence-electron chi connectivity index (χ2n) is 3.29. The zero-order valence-electron chi connectivity index (χ0n) is 8.87. The molecule has 4 heteroatoms. The van der Waals surface area contributed by atoms with Crippen LogP contribution in [0, 0.1) is 5.82 Å². The first-order valence-electron chi connectivity index (χ1n) is 4.95. The Bertz CT molecular complexity index is 276. The first kappa shape index (κ1) is 12.1. The van der Waals surface area contributed by atoms with E-state index in [1.165, 1.54) is 12.1 Å². The minimum absolute atomic E-state index is 0.0562. The van der Waals surface area contributed by atoms with Gasteiger partial charge in [-0.05, 0) is 17.7 Å². The summed E-state index contributed by atoms with van der Waals surface area (Å²) in [6, 6.07) is 6.42. The summed E-state index contributed by atoms with van der Waals surface area (Å²) in [5.74, 6) is -0.230. The molecule has 84 valence electrons. The fourth-order valence-corrected chi connectivity index (χ4v) is 1.37. The monoisotopic (exact) mass is 212 g/mol. The second kappa shape index (κ2) is 6.50. The maximum Gasteiger partial charge on any atom is 0.123 e. The smallest absolute Gasteiger partial charge is 0.123 e. The van der Waals surface area contributed by atoms with E-state index in [2.05, 4.69) is 5.32 Å². The van der Waals surface area contributed by atoms with Crippen LogP contribution < -0.4 is 11.1 Å². The molecule has 0 heterocycles. The minimum Gasteiger partial charge on any atom is -0.383 e. The number of hydrogen-bond donors (Lipinski definition) is 2. The zero-order valence-corrected chi connectivity index (χ0v) is 8.87. The van der Waals surface area contributed by atoms with Crippen molar-refractivity contribution in [2.75, 3.05) is 26.8 Å². The van der Waals surface area contributed by atoms with Crippen LogP contribution >= 0.6 is 0 Å². The topological polar surface area (TPSA) is 47.3 Å². The van der Waals surface area contributed by atoms with Crippen molar-refractivity contribution in [2.24, 2.45) is 5.73 Å². The molecule has 1 atom stereocenters. The molecule has 0 fully saturated rings. The van der Waals surface area contributed by atoms with Crippen molar-refractivity contribution in [1.29, 1.82) is 0 Å². The molecule has 0 spiro atoms. The van der Waals surface area contributed by atoms with Gasteiger partial charge in [-0.1, -0.05) is 12.1 Å². The van der Waals surface area contributed by atoms with Crippen molar-refractivity contribution >= 4 is 0 Å². The summed E-state index contributed by atoms with van der Waals surface area (Å²) in [6.45, 7) is 1.85. The highest BCUT2D eigenvalue weighted by Crippen LogP contribution is 2.11. The van der Waals surface area contributed by atoms with Crippen molar-refractivity contribution in [3.05, 3.63) is 35.6 Å².